The zero-order valence-electron chi connectivity index (χ0n) is 22.6. The summed E-state index contributed by atoms with van der Waals surface area (Å²) in [6, 6.07) is 34.8. The zero-order chi connectivity index (χ0) is 28.8. The van der Waals surface area contributed by atoms with Crippen LogP contribution in [-0.4, -0.2) is 21.3 Å². The summed E-state index contributed by atoms with van der Waals surface area (Å²) in [6.07, 6.45) is 0. The number of nitrogens with zero attached hydrogens (tertiary/aromatic N) is 2. The summed E-state index contributed by atoms with van der Waals surface area (Å²) in [7, 11) is 1.79. The molecule has 206 valence electrons. The van der Waals surface area contributed by atoms with Gasteiger partial charge in [-0.2, -0.15) is 0 Å². The van der Waals surface area contributed by atoms with Crippen molar-refractivity contribution in [2.75, 3.05) is 16.0 Å². The molecule has 3 amide bonds. The van der Waals surface area contributed by atoms with Gasteiger partial charge in [-0.25, -0.2) is 9.48 Å². The normalized spacial score (nSPS) is 11.5. The van der Waals surface area contributed by atoms with Gasteiger partial charge in [0, 0.05) is 23.3 Å². The third kappa shape index (κ3) is 6.42. The predicted octanol–water partition coefficient (Wildman–Crippen LogP) is 6.60. The van der Waals surface area contributed by atoms with Crippen molar-refractivity contribution in [1.82, 2.24) is 9.36 Å². The summed E-state index contributed by atoms with van der Waals surface area (Å²) in [5.41, 5.74) is 3.41. The van der Waals surface area contributed by atoms with Crippen molar-refractivity contribution in [3.8, 4) is 5.69 Å². The lowest BCUT2D eigenvalue weighted by Gasteiger charge is -2.17. The number of thioether (sulfide) groups is 1. The van der Waals surface area contributed by atoms with Crippen molar-refractivity contribution < 1.29 is 9.59 Å². The van der Waals surface area contributed by atoms with Gasteiger partial charge >= 0.3 is 6.03 Å². The summed E-state index contributed by atoms with van der Waals surface area (Å²) >= 11 is 1.36. The van der Waals surface area contributed by atoms with Crippen LogP contribution in [0.4, 0.5) is 21.9 Å². The first kappa shape index (κ1) is 27.5. The molecule has 0 aliphatic carbocycles. The molecule has 0 saturated heterocycles. The van der Waals surface area contributed by atoms with E-state index in [-0.39, 0.29) is 23.2 Å². The van der Waals surface area contributed by atoms with Crippen LogP contribution < -0.4 is 21.5 Å². The van der Waals surface area contributed by atoms with E-state index in [9.17, 15) is 14.4 Å². The number of para-hydroxylation sites is 2. The molecular weight excluding hydrogens is 534 g/mol. The molecule has 0 fully saturated rings. The van der Waals surface area contributed by atoms with Crippen LogP contribution in [0.2, 0.25) is 0 Å². The maximum Gasteiger partial charge on any atom is 0.323 e. The van der Waals surface area contributed by atoms with E-state index in [4.69, 9.17) is 0 Å². The molecule has 1 atom stereocenters. The highest BCUT2D eigenvalue weighted by Gasteiger charge is 2.26. The molecule has 1 aromatic heterocycles. The standard InChI is InChI=1S/C32H29N5O3S/c1-22-28(31(39)37(36(22)2)26-16-10-5-11-17-26)35-30(38)29(23-12-6-3-7-13-23)41-27-20-18-25(19-21-27)34-32(40)33-24-14-8-4-9-15-24/h3-21,29H,1-2H3,(H,35,38)(H2,33,34,40). The summed E-state index contributed by atoms with van der Waals surface area (Å²) in [5.74, 6) is -0.309. The number of amides is 3. The minimum Gasteiger partial charge on any atom is -0.319 e. The summed E-state index contributed by atoms with van der Waals surface area (Å²) in [4.78, 5) is 40.3. The van der Waals surface area contributed by atoms with Crippen LogP contribution in [-0.2, 0) is 11.8 Å². The van der Waals surface area contributed by atoms with Crippen LogP contribution in [0.5, 0.6) is 0 Å². The van der Waals surface area contributed by atoms with Crippen LogP contribution in [0.1, 0.15) is 16.5 Å². The van der Waals surface area contributed by atoms with Gasteiger partial charge in [0.05, 0.1) is 11.4 Å². The molecule has 1 unspecified atom stereocenters. The average molecular weight is 564 g/mol. The molecule has 41 heavy (non-hydrogen) atoms. The van der Waals surface area contributed by atoms with Gasteiger partial charge in [-0.05, 0) is 61.0 Å². The lowest BCUT2D eigenvalue weighted by Crippen LogP contribution is -2.25. The molecule has 0 radical (unpaired) electrons. The third-order valence-corrected chi connectivity index (χ3v) is 7.81. The number of benzene rings is 4. The smallest absolute Gasteiger partial charge is 0.319 e. The molecule has 9 heteroatoms. The van der Waals surface area contributed by atoms with Crippen molar-refractivity contribution in [1.29, 1.82) is 0 Å². The molecule has 0 aliphatic heterocycles. The van der Waals surface area contributed by atoms with Gasteiger partial charge in [0.1, 0.15) is 10.9 Å². The fourth-order valence-electron chi connectivity index (χ4n) is 4.37. The van der Waals surface area contributed by atoms with Crippen LogP contribution >= 0.6 is 11.8 Å². The number of nitrogens with one attached hydrogen (secondary N) is 3. The van der Waals surface area contributed by atoms with Gasteiger partial charge < -0.3 is 16.0 Å². The van der Waals surface area contributed by atoms with Gasteiger partial charge in [-0.3, -0.25) is 14.3 Å². The fraction of sp³-hybridized carbons (Fsp3) is 0.0938. The summed E-state index contributed by atoms with van der Waals surface area (Å²) in [5, 5.41) is 7.88. The second kappa shape index (κ2) is 12.4. The molecule has 1 heterocycles. The number of anilines is 3. The van der Waals surface area contributed by atoms with E-state index in [1.165, 1.54) is 16.4 Å². The van der Waals surface area contributed by atoms with Gasteiger partial charge in [0.25, 0.3) is 5.56 Å². The first-order chi connectivity index (χ1) is 19.9. The van der Waals surface area contributed by atoms with E-state index in [1.807, 2.05) is 103 Å². The number of carbonyl (C=O) groups excluding carboxylic acids is 2. The Morgan fingerprint density at radius 3 is 1.85 bits per heavy atom. The molecule has 0 bridgehead atoms. The largest absolute Gasteiger partial charge is 0.323 e. The molecule has 5 aromatic rings. The van der Waals surface area contributed by atoms with Crippen molar-refractivity contribution >= 4 is 40.8 Å². The Bertz CT molecular complexity index is 1700. The van der Waals surface area contributed by atoms with Crippen molar-refractivity contribution in [2.24, 2.45) is 7.05 Å². The van der Waals surface area contributed by atoms with E-state index < -0.39 is 5.25 Å². The Kier molecular flexibility index (Phi) is 8.36. The van der Waals surface area contributed by atoms with E-state index in [2.05, 4.69) is 16.0 Å². The second-order valence-corrected chi connectivity index (χ2v) is 10.5. The van der Waals surface area contributed by atoms with Crippen LogP contribution in [0.3, 0.4) is 0 Å². The topological polar surface area (TPSA) is 97.2 Å². The number of urea groups is 1. The van der Waals surface area contributed by atoms with Gasteiger partial charge in [-0.15, -0.1) is 11.8 Å². The Balaban J connectivity index is 1.34. The quantitative estimate of drug-likeness (QED) is 0.185. The number of carbonyl (C=O) groups is 2. The first-order valence-electron chi connectivity index (χ1n) is 13.0. The van der Waals surface area contributed by atoms with Crippen molar-refractivity contribution in [3.05, 3.63) is 137 Å². The SMILES string of the molecule is Cc1c(NC(=O)C(Sc2ccc(NC(=O)Nc3ccccc3)cc2)c2ccccc2)c(=O)n(-c2ccccc2)n1C. The predicted molar refractivity (Wildman–Crippen MR) is 165 cm³/mol. The molecule has 0 aliphatic rings. The molecule has 3 N–H and O–H groups in total. The summed E-state index contributed by atoms with van der Waals surface area (Å²) in [6.45, 7) is 1.81. The number of hydrogen-bond donors (Lipinski definition) is 3. The molecule has 0 spiro atoms. The number of rotatable bonds is 8. The Morgan fingerprint density at radius 2 is 1.24 bits per heavy atom. The van der Waals surface area contributed by atoms with Crippen molar-refractivity contribution in [3.63, 3.8) is 0 Å². The molecule has 8 nitrogen and oxygen atoms in total. The highest BCUT2D eigenvalue weighted by atomic mass is 32.2. The Hall–Kier alpha value is -5.02. The molecule has 5 rings (SSSR count). The van der Waals surface area contributed by atoms with Gasteiger partial charge in [-0.1, -0.05) is 66.7 Å². The lowest BCUT2D eigenvalue weighted by molar-refractivity contribution is -0.115. The van der Waals surface area contributed by atoms with E-state index in [1.54, 1.807) is 30.8 Å². The maximum atomic E-state index is 13.7. The van der Waals surface area contributed by atoms with Crippen LogP contribution in [0.15, 0.2) is 125 Å². The Labute approximate surface area is 242 Å². The highest BCUT2D eigenvalue weighted by Crippen LogP contribution is 2.37. The zero-order valence-corrected chi connectivity index (χ0v) is 23.4. The number of hydrogen-bond acceptors (Lipinski definition) is 4. The maximum absolute atomic E-state index is 13.7. The minimum atomic E-state index is -0.624. The number of aromatic nitrogens is 2. The monoisotopic (exact) mass is 563 g/mol. The lowest BCUT2D eigenvalue weighted by atomic mass is 10.1. The minimum absolute atomic E-state index is 0.242. The van der Waals surface area contributed by atoms with Crippen LogP contribution in [0, 0.1) is 6.92 Å². The average Bonchev–Trinajstić information content (AvgIpc) is 3.20. The van der Waals surface area contributed by atoms with E-state index >= 15 is 0 Å². The second-order valence-electron chi connectivity index (χ2n) is 9.30. The third-order valence-electron chi connectivity index (χ3n) is 6.54. The molecule has 4 aromatic carbocycles. The van der Waals surface area contributed by atoms with E-state index in [0.717, 1.165) is 10.5 Å². The molecular formula is C32H29N5O3S. The van der Waals surface area contributed by atoms with Gasteiger partial charge in [0.15, 0.2) is 0 Å². The van der Waals surface area contributed by atoms with Crippen molar-refractivity contribution in [2.45, 2.75) is 17.1 Å². The van der Waals surface area contributed by atoms with Crippen LogP contribution in [0.25, 0.3) is 5.69 Å². The fourth-order valence-corrected chi connectivity index (χ4v) is 5.39. The molecule has 0 saturated carbocycles. The highest BCUT2D eigenvalue weighted by molar-refractivity contribution is 8.00. The summed E-state index contributed by atoms with van der Waals surface area (Å²) < 4.78 is 3.27. The van der Waals surface area contributed by atoms with E-state index in [0.29, 0.717) is 22.8 Å². The first-order valence-corrected chi connectivity index (χ1v) is 13.9. The van der Waals surface area contributed by atoms with Gasteiger partial charge in [0.2, 0.25) is 5.91 Å². The Morgan fingerprint density at radius 1 is 0.707 bits per heavy atom.